The molecule has 1 aliphatic rings. The Morgan fingerprint density at radius 2 is 1.94 bits per heavy atom. The third-order valence-electron chi connectivity index (χ3n) is 5.47. The molecule has 0 spiro atoms. The molecule has 3 aromatic rings. The number of carbonyl (C=O) groups is 1. The normalized spacial score (nSPS) is 13.3. The zero-order valence-corrected chi connectivity index (χ0v) is 18.9. The predicted octanol–water partition coefficient (Wildman–Crippen LogP) is 3.27. The number of nitrogens with zero attached hydrogens (tertiary/aromatic N) is 2. The summed E-state index contributed by atoms with van der Waals surface area (Å²) in [5.41, 5.74) is 2.03. The van der Waals surface area contributed by atoms with Crippen LogP contribution in [0.4, 0.5) is 5.69 Å². The summed E-state index contributed by atoms with van der Waals surface area (Å²) in [7, 11) is -2.33. The van der Waals surface area contributed by atoms with Crippen LogP contribution in [0.25, 0.3) is 0 Å². The van der Waals surface area contributed by atoms with Gasteiger partial charge >= 0.3 is 0 Å². The molecule has 32 heavy (non-hydrogen) atoms. The van der Waals surface area contributed by atoms with Crippen molar-refractivity contribution in [1.29, 1.82) is 0 Å². The van der Waals surface area contributed by atoms with Gasteiger partial charge in [0.05, 0.1) is 24.2 Å². The van der Waals surface area contributed by atoms with Crippen molar-refractivity contribution in [2.45, 2.75) is 44.2 Å². The Bertz CT molecular complexity index is 1210. The number of methoxy groups -OCH3 is 1. The quantitative estimate of drug-likeness (QED) is 0.570. The number of imidazole rings is 1. The lowest BCUT2D eigenvalue weighted by Gasteiger charge is -2.12. The molecule has 0 saturated carbocycles. The molecular formula is C23H26N4O4S. The monoisotopic (exact) mass is 454 g/mol. The zero-order valence-electron chi connectivity index (χ0n) is 18.1. The first-order valence-corrected chi connectivity index (χ1v) is 11.9. The molecule has 168 valence electrons. The van der Waals surface area contributed by atoms with Crippen molar-refractivity contribution in [3.8, 4) is 5.75 Å². The number of sulfonamides is 1. The van der Waals surface area contributed by atoms with E-state index < -0.39 is 10.0 Å². The highest BCUT2D eigenvalue weighted by Crippen LogP contribution is 2.23. The predicted molar refractivity (Wildman–Crippen MR) is 121 cm³/mol. The van der Waals surface area contributed by atoms with Gasteiger partial charge in [0.2, 0.25) is 0 Å². The summed E-state index contributed by atoms with van der Waals surface area (Å²) >= 11 is 0. The van der Waals surface area contributed by atoms with E-state index in [9.17, 15) is 13.2 Å². The minimum Gasteiger partial charge on any atom is -0.497 e. The van der Waals surface area contributed by atoms with Gasteiger partial charge in [-0.1, -0.05) is 6.07 Å². The summed E-state index contributed by atoms with van der Waals surface area (Å²) in [6.45, 7) is 2.94. The fourth-order valence-corrected chi connectivity index (χ4v) is 5.06. The lowest BCUT2D eigenvalue weighted by molar-refractivity contribution is 0.0950. The van der Waals surface area contributed by atoms with E-state index in [0.717, 1.165) is 37.3 Å². The Balaban J connectivity index is 1.48. The molecule has 0 atom stereocenters. The zero-order chi connectivity index (χ0) is 22.7. The molecule has 4 rings (SSSR count). The molecule has 0 fully saturated rings. The summed E-state index contributed by atoms with van der Waals surface area (Å²) in [5.74, 6) is 1.33. The van der Waals surface area contributed by atoms with Crippen LogP contribution in [-0.2, 0) is 29.5 Å². The molecule has 9 heteroatoms. The van der Waals surface area contributed by atoms with Crippen LogP contribution in [0.1, 0.15) is 40.3 Å². The number of anilines is 1. The van der Waals surface area contributed by atoms with Gasteiger partial charge in [-0.3, -0.25) is 9.52 Å². The van der Waals surface area contributed by atoms with Crippen LogP contribution < -0.4 is 14.8 Å². The highest BCUT2D eigenvalue weighted by Gasteiger charge is 2.20. The van der Waals surface area contributed by atoms with Crippen LogP contribution >= 0.6 is 0 Å². The molecule has 2 aromatic carbocycles. The molecule has 0 radical (unpaired) electrons. The molecule has 2 heterocycles. The highest BCUT2D eigenvalue weighted by molar-refractivity contribution is 7.92. The maximum absolute atomic E-state index is 13.0. The first kappa shape index (κ1) is 21.9. The van der Waals surface area contributed by atoms with Crippen molar-refractivity contribution in [3.63, 3.8) is 0 Å². The van der Waals surface area contributed by atoms with Crippen molar-refractivity contribution >= 4 is 21.6 Å². The van der Waals surface area contributed by atoms with Crippen molar-refractivity contribution in [2.24, 2.45) is 0 Å². The number of benzene rings is 2. The molecule has 1 aromatic heterocycles. The molecule has 1 aliphatic heterocycles. The minimum absolute atomic E-state index is 0.0541. The second-order valence-electron chi connectivity index (χ2n) is 7.80. The average molecular weight is 455 g/mol. The topological polar surface area (TPSA) is 102 Å². The van der Waals surface area contributed by atoms with E-state index in [0.29, 0.717) is 23.5 Å². The summed E-state index contributed by atoms with van der Waals surface area (Å²) in [6.07, 6.45) is 5.20. The summed E-state index contributed by atoms with van der Waals surface area (Å²) in [5, 5.41) is 2.84. The van der Waals surface area contributed by atoms with E-state index in [-0.39, 0.29) is 16.4 Å². The number of nitrogens with one attached hydrogen (secondary N) is 2. The van der Waals surface area contributed by atoms with E-state index in [1.165, 1.54) is 6.07 Å². The Labute approximate surface area is 187 Å². The number of aromatic nitrogens is 2. The Morgan fingerprint density at radius 3 is 2.66 bits per heavy atom. The second-order valence-corrected chi connectivity index (χ2v) is 9.45. The van der Waals surface area contributed by atoms with Gasteiger partial charge in [-0.15, -0.1) is 0 Å². The van der Waals surface area contributed by atoms with Gasteiger partial charge < -0.3 is 14.6 Å². The van der Waals surface area contributed by atoms with Crippen LogP contribution in [-0.4, -0.2) is 31.0 Å². The van der Waals surface area contributed by atoms with Gasteiger partial charge in [-0.05, 0) is 61.7 Å². The van der Waals surface area contributed by atoms with Crippen LogP contribution in [0.2, 0.25) is 0 Å². The molecule has 2 N–H and O–H groups in total. The highest BCUT2D eigenvalue weighted by atomic mass is 32.2. The Kier molecular flexibility index (Phi) is 6.18. The third kappa shape index (κ3) is 4.77. The van der Waals surface area contributed by atoms with E-state index in [1.807, 2.05) is 6.20 Å². The number of rotatable bonds is 7. The molecular weight excluding hydrogens is 428 g/mol. The number of amides is 1. The molecule has 1 amide bonds. The van der Waals surface area contributed by atoms with Crippen LogP contribution in [0.5, 0.6) is 5.75 Å². The standard InChI is InChI=1S/C23H26N4O4S/c1-16-6-7-17(23(28)24-14-19-15-27-12-4-3-5-22(27)25-19)13-21(16)32(29,30)26-18-8-10-20(31-2)11-9-18/h6-11,13,15,26H,3-5,12,14H2,1-2H3,(H,24,28). The van der Waals surface area contributed by atoms with Crippen LogP contribution in [0.3, 0.4) is 0 Å². The van der Waals surface area contributed by atoms with E-state index >= 15 is 0 Å². The molecule has 0 saturated heterocycles. The summed E-state index contributed by atoms with van der Waals surface area (Å²) in [6, 6.07) is 11.2. The van der Waals surface area contributed by atoms with Crippen molar-refractivity contribution in [3.05, 3.63) is 71.3 Å². The van der Waals surface area contributed by atoms with Gasteiger partial charge in [0.1, 0.15) is 11.6 Å². The largest absolute Gasteiger partial charge is 0.497 e. The van der Waals surface area contributed by atoms with Gasteiger partial charge in [0, 0.05) is 30.4 Å². The van der Waals surface area contributed by atoms with Gasteiger partial charge in [0.25, 0.3) is 15.9 Å². The van der Waals surface area contributed by atoms with Crippen molar-refractivity contribution in [2.75, 3.05) is 11.8 Å². The maximum atomic E-state index is 13.0. The van der Waals surface area contributed by atoms with E-state index in [2.05, 4.69) is 19.6 Å². The number of hydrogen-bond donors (Lipinski definition) is 2. The maximum Gasteiger partial charge on any atom is 0.262 e. The first-order chi connectivity index (χ1) is 15.4. The SMILES string of the molecule is COc1ccc(NS(=O)(=O)c2cc(C(=O)NCc3cn4c(n3)CCCC4)ccc2C)cc1. The lowest BCUT2D eigenvalue weighted by Crippen LogP contribution is -2.24. The smallest absolute Gasteiger partial charge is 0.262 e. The number of fused-ring (bicyclic) bond motifs is 1. The fourth-order valence-electron chi connectivity index (χ4n) is 3.73. The molecule has 8 nitrogen and oxygen atoms in total. The summed E-state index contributed by atoms with van der Waals surface area (Å²) in [4.78, 5) is 17.3. The number of ether oxygens (including phenoxy) is 1. The lowest BCUT2D eigenvalue weighted by atomic mass is 10.1. The van der Waals surface area contributed by atoms with E-state index in [1.54, 1.807) is 50.4 Å². The van der Waals surface area contributed by atoms with Crippen molar-refractivity contribution in [1.82, 2.24) is 14.9 Å². The summed E-state index contributed by atoms with van der Waals surface area (Å²) < 4.78 is 35.7. The van der Waals surface area contributed by atoms with Crippen molar-refractivity contribution < 1.29 is 17.9 Å². The van der Waals surface area contributed by atoms with Crippen LogP contribution in [0, 0.1) is 6.92 Å². The first-order valence-electron chi connectivity index (χ1n) is 10.5. The van der Waals surface area contributed by atoms with Gasteiger partial charge in [-0.2, -0.15) is 0 Å². The molecule has 0 aliphatic carbocycles. The minimum atomic E-state index is -3.88. The van der Waals surface area contributed by atoms with Crippen LogP contribution in [0.15, 0.2) is 53.6 Å². The number of carbonyl (C=O) groups excluding carboxylic acids is 1. The second kappa shape index (κ2) is 9.04. The Hall–Kier alpha value is -3.33. The van der Waals surface area contributed by atoms with Gasteiger partial charge in [0.15, 0.2) is 0 Å². The van der Waals surface area contributed by atoms with Gasteiger partial charge in [-0.25, -0.2) is 13.4 Å². The third-order valence-corrected chi connectivity index (χ3v) is 6.99. The number of aryl methyl sites for hydroxylation is 3. The molecule has 0 unspecified atom stereocenters. The Morgan fingerprint density at radius 1 is 1.16 bits per heavy atom. The fraction of sp³-hybridized carbons (Fsp3) is 0.304. The van der Waals surface area contributed by atoms with E-state index in [4.69, 9.17) is 4.74 Å². The molecule has 0 bridgehead atoms. The number of hydrogen-bond acceptors (Lipinski definition) is 5. The average Bonchev–Trinajstić information content (AvgIpc) is 3.21.